The van der Waals surface area contributed by atoms with Gasteiger partial charge in [0.05, 0.1) is 10.9 Å². The Kier molecular flexibility index (Phi) is 5.26. The highest BCUT2D eigenvalue weighted by Crippen LogP contribution is 2.36. The highest BCUT2D eigenvalue weighted by Gasteiger charge is 2.38. The van der Waals surface area contributed by atoms with Gasteiger partial charge in [-0.1, -0.05) is 45.0 Å². The predicted molar refractivity (Wildman–Crippen MR) is 102 cm³/mol. The molecule has 1 atom stereocenters. The van der Waals surface area contributed by atoms with Gasteiger partial charge in [0, 0.05) is 19.0 Å². The first kappa shape index (κ1) is 19.1. The van der Waals surface area contributed by atoms with Crippen molar-refractivity contribution in [2.75, 3.05) is 6.54 Å². The Bertz CT molecular complexity index is 848. The second kappa shape index (κ2) is 7.16. The van der Waals surface area contributed by atoms with E-state index in [9.17, 15) is 8.42 Å². The first-order valence-corrected chi connectivity index (χ1v) is 10.8. The Morgan fingerprint density at radius 1 is 1.23 bits per heavy atom. The molecular weight excluding hydrogens is 348 g/mol. The summed E-state index contributed by atoms with van der Waals surface area (Å²) in [6.07, 6.45) is 3.40. The van der Waals surface area contributed by atoms with Crippen molar-refractivity contribution in [1.29, 1.82) is 0 Å². The monoisotopic (exact) mass is 376 g/mol. The molecule has 6 heteroatoms. The summed E-state index contributed by atoms with van der Waals surface area (Å²) in [6, 6.07) is 8.93. The molecule has 1 aliphatic heterocycles. The average molecular weight is 377 g/mol. The number of nitrogens with zero attached hydrogens (tertiary/aromatic N) is 2. The van der Waals surface area contributed by atoms with Crippen LogP contribution in [0.3, 0.4) is 0 Å². The molecule has 2 aromatic rings. The molecule has 26 heavy (non-hydrogen) atoms. The molecule has 0 bridgehead atoms. The normalized spacial score (nSPS) is 19.2. The molecule has 0 saturated carbocycles. The first-order valence-electron chi connectivity index (χ1n) is 9.31. The van der Waals surface area contributed by atoms with Gasteiger partial charge < -0.3 is 4.52 Å². The summed E-state index contributed by atoms with van der Waals surface area (Å²) in [5, 5.41) is 4.14. The van der Waals surface area contributed by atoms with Gasteiger partial charge in [-0.25, -0.2) is 8.42 Å². The Morgan fingerprint density at radius 3 is 2.54 bits per heavy atom. The Labute approximate surface area is 156 Å². The third-order valence-electron chi connectivity index (χ3n) is 4.95. The second-order valence-electron chi connectivity index (χ2n) is 8.02. The summed E-state index contributed by atoms with van der Waals surface area (Å²) in [7, 11) is -3.55. The maximum Gasteiger partial charge on any atom is 0.243 e. The van der Waals surface area contributed by atoms with Crippen molar-refractivity contribution in [3.63, 3.8) is 0 Å². The minimum Gasteiger partial charge on any atom is -0.361 e. The second-order valence-corrected chi connectivity index (χ2v) is 9.91. The molecule has 1 aromatic carbocycles. The van der Waals surface area contributed by atoms with Crippen LogP contribution in [0, 0.1) is 0 Å². The van der Waals surface area contributed by atoms with Crippen molar-refractivity contribution in [3.8, 4) is 0 Å². The highest BCUT2D eigenvalue weighted by atomic mass is 32.2. The van der Waals surface area contributed by atoms with Gasteiger partial charge in [-0.15, -0.1) is 0 Å². The number of benzene rings is 1. The molecule has 142 valence electrons. The Morgan fingerprint density at radius 2 is 1.92 bits per heavy atom. The number of hydrogen-bond acceptors (Lipinski definition) is 4. The maximum absolute atomic E-state index is 13.2. The molecule has 1 fully saturated rings. The van der Waals surface area contributed by atoms with Crippen LogP contribution in [0.2, 0.25) is 0 Å². The first-order chi connectivity index (χ1) is 12.2. The van der Waals surface area contributed by atoms with E-state index >= 15 is 0 Å². The van der Waals surface area contributed by atoms with Gasteiger partial charge in [0.15, 0.2) is 0 Å². The van der Waals surface area contributed by atoms with Gasteiger partial charge >= 0.3 is 0 Å². The van der Waals surface area contributed by atoms with Gasteiger partial charge in [-0.3, -0.25) is 0 Å². The van der Waals surface area contributed by atoms with E-state index in [0.717, 1.165) is 42.7 Å². The van der Waals surface area contributed by atoms with Crippen molar-refractivity contribution in [2.24, 2.45) is 0 Å². The summed E-state index contributed by atoms with van der Waals surface area (Å²) in [5.74, 6) is 0.821. The number of aryl methyl sites for hydroxylation is 1. The third kappa shape index (κ3) is 3.71. The van der Waals surface area contributed by atoms with Gasteiger partial charge in [-0.2, -0.15) is 4.31 Å². The zero-order chi connectivity index (χ0) is 18.9. The van der Waals surface area contributed by atoms with E-state index in [1.807, 2.05) is 18.2 Å². The molecule has 0 unspecified atom stereocenters. The Hall–Kier alpha value is -1.66. The molecule has 1 aromatic heterocycles. The fourth-order valence-corrected chi connectivity index (χ4v) is 5.10. The van der Waals surface area contributed by atoms with Crippen LogP contribution in [-0.4, -0.2) is 24.4 Å². The quantitative estimate of drug-likeness (QED) is 0.773. The summed E-state index contributed by atoms with van der Waals surface area (Å²) in [6.45, 7) is 8.95. The molecule has 1 aliphatic rings. The van der Waals surface area contributed by atoms with E-state index in [1.165, 1.54) is 0 Å². The summed E-state index contributed by atoms with van der Waals surface area (Å²) in [4.78, 5) is 0.342. The molecule has 3 rings (SSSR count). The topological polar surface area (TPSA) is 63.4 Å². The van der Waals surface area contributed by atoms with Gasteiger partial charge in [0.1, 0.15) is 11.5 Å². The Balaban J connectivity index is 1.87. The molecule has 0 amide bonds. The largest absolute Gasteiger partial charge is 0.361 e. The van der Waals surface area contributed by atoms with Crippen LogP contribution in [0.15, 0.2) is 39.8 Å². The van der Waals surface area contributed by atoms with E-state index < -0.39 is 10.0 Å². The van der Waals surface area contributed by atoms with E-state index in [0.29, 0.717) is 11.4 Å². The lowest BCUT2D eigenvalue weighted by Crippen LogP contribution is -2.31. The zero-order valence-electron chi connectivity index (χ0n) is 16.0. The van der Waals surface area contributed by atoms with Crippen molar-refractivity contribution < 1.29 is 12.9 Å². The lowest BCUT2D eigenvalue weighted by molar-refractivity contribution is 0.343. The number of hydrogen-bond donors (Lipinski definition) is 0. The van der Waals surface area contributed by atoms with Crippen LogP contribution in [0.25, 0.3) is 0 Å². The van der Waals surface area contributed by atoms with Crippen LogP contribution in [0.1, 0.15) is 70.0 Å². The van der Waals surface area contributed by atoms with Crippen molar-refractivity contribution >= 4 is 10.0 Å². The lowest BCUT2D eigenvalue weighted by atomic mass is 9.87. The van der Waals surface area contributed by atoms with Crippen LogP contribution in [0.4, 0.5) is 0 Å². The molecule has 0 radical (unpaired) electrons. The van der Waals surface area contributed by atoms with Crippen molar-refractivity contribution in [3.05, 3.63) is 47.3 Å². The molecule has 5 nitrogen and oxygen atoms in total. The zero-order valence-corrected chi connectivity index (χ0v) is 16.8. The molecule has 1 saturated heterocycles. The average Bonchev–Trinajstić information content (AvgIpc) is 3.23. The smallest absolute Gasteiger partial charge is 0.243 e. The highest BCUT2D eigenvalue weighted by molar-refractivity contribution is 7.89. The standard InChI is InChI=1S/C20H28N2O3S/c1-5-7-16-14-18(21-25-16)19-8-6-13-22(19)26(23,24)17-11-9-15(10-12-17)20(2,3)4/h9-12,14,19H,5-8,13H2,1-4H3/t19-/m0/s1. The third-order valence-corrected chi connectivity index (χ3v) is 6.87. The molecular formula is C20H28N2O3S. The van der Waals surface area contributed by atoms with E-state index in [4.69, 9.17) is 4.52 Å². The number of aromatic nitrogens is 1. The van der Waals surface area contributed by atoms with Crippen LogP contribution in [-0.2, 0) is 21.9 Å². The minimum atomic E-state index is -3.55. The van der Waals surface area contributed by atoms with Crippen molar-refractivity contribution in [1.82, 2.24) is 9.46 Å². The van der Waals surface area contributed by atoms with E-state index in [1.54, 1.807) is 16.4 Å². The SMILES string of the molecule is CCCc1cc([C@@H]2CCCN2S(=O)(=O)c2ccc(C(C)(C)C)cc2)no1. The predicted octanol–water partition coefficient (Wildman–Crippen LogP) is 4.45. The lowest BCUT2D eigenvalue weighted by Gasteiger charge is -2.23. The molecule has 0 spiro atoms. The van der Waals surface area contributed by atoms with Gasteiger partial charge in [0.2, 0.25) is 10.0 Å². The van der Waals surface area contributed by atoms with Gasteiger partial charge in [-0.05, 0) is 42.4 Å². The van der Waals surface area contributed by atoms with E-state index in [-0.39, 0.29) is 11.5 Å². The molecule has 0 aliphatic carbocycles. The number of sulfonamides is 1. The maximum atomic E-state index is 13.2. The summed E-state index contributed by atoms with van der Waals surface area (Å²) >= 11 is 0. The van der Waals surface area contributed by atoms with Crippen molar-refractivity contribution in [2.45, 2.75) is 69.7 Å². The fourth-order valence-electron chi connectivity index (χ4n) is 3.44. The van der Waals surface area contributed by atoms with Crippen LogP contribution >= 0.6 is 0 Å². The van der Waals surface area contributed by atoms with Gasteiger partial charge in [0.25, 0.3) is 0 Å². The van der Waals surface area contributed by atoms with Crippen LogP contribution in [0.5, 0.6) is 0 Å². The fraction of sp³-hybridized carbons (Fsp3) is 0.550. The minimum absolute atomic E-state index is 0.00510. The summed E-state index contributed by atoms with van der Waals surface area (Å²) in [5.41, 5.74) is 1.84. The summed E-state index contributed by atoms with van der Waals surface area (Å²) < 4.78 is 33.3. The molecule has 2 heterocycles. The van der Waals surface area contributed by atoms with E-state index in [2.05, 4.69) is 32.9 Å². The molecule has 0 N–H and O–H groups in total. The van der Waals surface area contributed by atoms with Crippen LogP contribution < -0.4 is 0 Å². The number of rotatable bonds is 5.